The van der Waals surface area contributed by atoms with Crippen LogP contribution in [0.15, 0.2) is 30.3 Å². The number of hydrogen-bond donors (Lipinski definition) is 1. The summed E-state index contributed by atoms with van der Waals surface area (Å²) < 4.78 is 0. The third kappa shape index (κ3) is 5.36. The molecule has 0 amide bonds. The smallest absolute Gasteiger partial charge is 0.00471 e. The topological polar surface area (TPSA) is 12.0 Å². The SMILES string of the molecule is CCC(CC)CNC(C)CC(C)(C)c1ccccc1. The normalized spacial score (nSPS) is 13.8. The molecule has 1 atom stereocenters. The van der Waals surface area contributed by atoms with Gasteiger partial charge in [0.1, 0.15) is 0 Å². The van der Waals surface area contributed by atoms with E-state index in [2.05, 4.69) is 70.3 Å². The fourth-order valence-electron chi connectivity index (χ4n) is 2.79. The van der Waals surface area contributed by atoms with Gasteiger partial charge >= 0.3 is 0 Å². The van der Waals surface area contributed by atoms with E-state index in [1.165, 1.54) is 24.8 Å². The molecule has 1 unspecified atom stereocenters. The van der Waals surface area contributed by atoms with Gasteiger partial charge in [0.2, 0.25) is 0 Å². The van der Waals surface area contributed by atoms with Gasteiger partial charge in [-0.1, -0.05) is 70.9 Å². The molecule has 0 radical (unpaired) electrons. The van der Waals surface area contributed by atoms with E-state index < -0.39 is 0 Å². The number of benzene rings is 1. The van der Waals surface area contributed by atoms with Crippen molar-refractivity contribution in [2.24, 2.45) is 5.92 Å². The van der Waals surface area contributed by atoms with Crippen LogP contribution in [0.25, 0.3) is 0 Å². The first-order valence-corrected chi connectivity index (χ1v) is 7.78. The maximum Gasteiger partial charge on any atom is 0.00471 e. The van der Waals surface area contributed by atoms with E-state index in [0.29, 0.717) is 6.04 Å². The Balaban J connectivity index is 2.49. The molecule has 0 spiro atoms. The van der Waals surface area contributed by atoms with Gasteiger partial charge in [-0.3, -0.25) is 0 Å². The summed E-state index contributed by atoms with van der Waals surface area (Å²) in [6.07, 6.45) is 3.73. The van der Waals surface area contributed by atoms with Crippen LogP contribution in [-0.4, -0.2) is 12.6 Å². The second kappa shape index (κ2) is 7.69. The van der Waals surface area contributed by atoms with Gasteiger partial charge in [-0.25, -0.2) is 0 Å². The molecule has 0 heterocycles. The summed E-state index contributed by atoms with van der Waals surface area (Å²) in [5, 5.41) is 3.71. The molecular formula is C18H31N. The monoisotopic (exact) mass is 261 g/mol. The van der Waals surface area contributed by atoms with Crippen molar-refractivity contribution in [3.63, 3.8) is 0 Å². The van der Waals surface area contributed by atoms with Crippen LogP contribution < -0.4 is 5.32 Å². The van der Waals surface area contributed by atoms with Crippen molar-refractivity contribution < 1.29 is 0 Å². The molecule has 0 saturated heterocycles. The van der Waals surface area contributed by atoms with Crippen molar-refractivity contribution in [1.29, 1.82) is 0 Å². The standard InChI is InChI=1S/C18H31N/c1-6-16(7-2)14-19-15(3)13-18(4,5)17-11-9-8-10-12-17/h8-12,15-16,19H,6-7,13-14H2,1-5H3. The van der Waals surface area contributed by atoms with Crippen LogP contribution in [0.1, 0.15) is 59.4 Å². The second-order valence-electron chi connectivity index (χ2n) is 6.45. The van der Waals surface area contributed by atoms with Crippen molar-refractivity contribution in [2.45, 2.75) is 65.3 Å². The lowest BCUT2D eigenvalue weighted by Gasteiger charge is -2.30. The predicted octanol–water partition coefficient (Wildman–Crippen LogP) is 4.77. The Kier molecular flexibility index (Phi) is 6.57. The van der Waals surface area contributed by atoms with Crippen LogP contribution in [0.5, 0.6) is 0 Å². The van der Waals surface area contributed by atoms with Gasteiger partial charge < -0.3 is 5.32 Å². The number of rotatable bonds is 8. The highest BCUT2D eigenvalue weighted by Gasteiger charge is 2.23. The van der Waals surface area contributed by atoms with Gasteiger partial charge in [0.25, 0.3) is 0 Å². The Bertz CT molecular complexity index is 338. The Hall–Kier alpha value is -0.820. The maximum absolute atomic E-state index is 3.71. The third-order valence-electron chi connectivity index (χ3n) is 4.28. The van der Waals surface area contributed by atoms with Crippen molar-refractivity contribution in [1.82, 2.24) is 5.32 Å². The minimum absolute atomic E-state index is 0.238. The minimum Gasteiger partial charge on any atom is -0.314 e. The van der Waals surface area contributed by atoms with Gasteiger partial charge in [-0.2, -0.15) is 0 Å². The Morgan fingerprint density at radius 3 is 2.16 bits per heavy atom. The molecule has 0 aliphatic heterocycles. The summed E-state index contributed by atoms with van der Waals surface area (Å²) in [4.78, 5) is 0. The van der Waals surface area contributed by atoms with E-state index >= 15 is 0 Å². The first-order valence-electron chi connectivity index (χ1n) is 7.78. The lowest BCUT2D eigenvalue weighted by Crippen LogP contribution is -2.36. The highest BCUT2D eigenvalue weighted by atomic mass is 14.9. The van der Waals surface area contributed by atoms with Gasteiger partial charge in [-0.05, 0) is 36.8 Å². The van der Waals surface area contributed by atoms with Crippen LogP contribution in [0.3, 0.4) is 0 Å². The fourth-order valence-corrected chi connectivity index (χ4v) is 2.79. The van der Waals surface area contributed by atoms with E-state index in [1.54, 1.807) is 0 Å². The molecule has 0 fully saturated rings. The van der Waals surface area contributed by atoms with E-state index in [9.17, 15) is 0 Å². The Labute approximate surface area is 119 Å². The van der Waals surface area contributed by atoms with Crippen molar-refractivity contribution in [3.05, 3.63) is 35.9 Å². The number of nitrogens with one attached hydrogen (secondary N) is 1. The summed E-state index contributed by atoms with van der Waals surface area (Å²) in [6.45, 7) is 12.7. The lowest BCUT2D eigenvalue weighted by atomic mass is 9.79. The van der Waals surface area contributed by atoms with Crippen molar-refractivity contribution in [3.8, 4) is 0 Å². The molecule has 1 nitrogen and oxygen atoms in total. The average Bonchev–Trinajstić information content (AvgIpc) is 2.40. The van der Waals surface area contributed by atoms with Gasteiger partial charge in [0.15, 0.2) is 0 Å². The van der Waals surface area contributed by atoms with Gasteiger partial charge in [0.05, 0.1) is 0 Å². The van der Waals surface area contributed by atoms with Gasteiger partial charge in [0, 0.05) is 6.04 Å². The molecule has 0 saturated carbocycles. The first-order chi connectivity index (χ1) is 8.99. The largest absolute Gasteiger partial charge is 0.314 e. The molecule has 19 heavy (non-hydrogen) atoms. The second-order valence-corrected chi connectivity index (χ2v) is 6.45. The third-order valence-corrected chi connectivity index (χ3v) is 4.28. The molecule has 108 valence electrons. The summed E-state index contributed by atoms with van der Waals surface area (Å²) in [5.74, 6) is 0.822. The minimum atomic E-state index is 0.238. The summed E-state index contributed by atoms with van der Waals surface area (Å²) >= 11 is 0. The molecule has 0 aliphatic carbocycles. The van der Waals surface area contributed by atoms with E-state index in [0.717, 1.165) is 12.5 Å². The zero-order valence-electron chi connectivity index (χ0n) is 13.4. The quantitative estimate of drug-likeness (QED) is 0.711. The lowest BCUT2D eigenvalue weighted by molar-refractivity contribution is 0.355. The van der Waals surface area contributed by atoms with Gasteiger partial charge in [-0.15, -0.1) is 0 Å². The van der Waals surface area contributed by atoms with E-state index in [1.807, 2.05) is 0 Å². The Morgan fingerprint density at radius 2 is 1.63 bits per heavy atom. The van der Waals surface area contributed by atoms with E-state index in [4.69, 9.17) is 0 Å². The molecule has 1 aromatic rings. The molecule has 1 rings (SSSR count). The maximum atomic E-state index is 3.71. The molecular weight excluding hydrogens is 230 g/mol. The van der Waals surface area contributed by atoms with Crippen LogP contribution in [0.4, 0.5) is 0 Å². The summed E-state index contributed by atoms with van der Waals surface area (Å²) in [7, 11) is 0. The predicted molar refractivity (Wildman–Crippen MR) is 85.6 cm³/mol. The van der Waals surface area contributed by atoms with Crippen LogP contribution in [-0.2, 0) is 5.41 Å². The molecule has 0 bridgehead atoms. The first kappa shape index (κ1) is 16.2. The summed E-state index contributed by atoms with van der Waals surface area (Å²) in [5.41, 5.74) is 1.67. The fraction of sp³-hybridized carbons (Fsp3) is 0.667. The van der Waals surface area contributed by atoms with Crippen LogP contribution in [0.2, 0.25) is 0 Å². The highest BCUT2D eigenvalue weighted by Crippen LogP contribution is 2.28. The van der Waals surface area contributed by atoms with Crippen molar-refractivity contribution in [2.75, 3.05) is 6.54 Å². The molecule has 0 aromatic heterocycles. The molecule has 0 aliphatic rings. The van der Waals surface area contributed by atoms with Crippen LogP contribution >= 0.6 is 0 Å². The summed E-state index contributed by atoms with van der Waals surface area (Å²) in [6, 6.07) is 11.4. The Morgan fingerprint density at radius 1 is 1.05 bits per heavy atom. The number of hydrogen-bond acceptors (Lipinski definition) is 1. The average molecular weight is 261 g/mol. The molecule has 1 N–H and O–H groups in total. The molecule has 1 heteroatoms. The van der Waals surface area contributed by atoms with Crippen molar-refractivity contribution >= 4 is 0 Å². The highest BCUT2D eigenvalue weighted by molar-refractivity contribution is 5.23. The molecule has 1 aromatic carbocycles. The zero-order valence-corrected chi connectivity index (χ0v) is 13.4. The van der Waals surface area contributed by atoms with E-state index in [-0.39, 0.29) is 5.41 Å². The van der Waals surface area contributed by atoms with Crippen LogP contribution in [0, 0.1) is 5.92 Å². The zero-order chi connectivity index (χ0) is 14.3.